The van der Waals surface area contributed by atoms with Crippen LogP contribution >= 0.6 is 12.1 Å². The Labute approximate surface area is 218 Å². The molecule has 36 heavy (non-hydrogen) atoms. The summed E-state index contributed by atoms with van der Waals surface area (Å²) in [6, 6.07) is 8.94. The van der Waals surface area contributed by atoms with E-state index in [9.17, 15) is 4.79 Å². The summed E-state index contributed by atoms with van der Waals surface area (Å²) >= 11 is 1.79. The molecule has 1 fully saturated rings. The van der Waals surface area contributed by atoms with Crippen LogP contribution in [0.25, 0.3) is 0 Å². The molecule has 2 aromatic rings. The molecular weight excluding hydrogens is 474 g/mol. The number of anilines is 1. The molecule has 9 nitrogen and oxygen atoms in total. The fourth-order valence-electron chi connectivity index (χ4n) is 4.16. The molecule has 194 valence electrons. The monoisotopic (exact) mass is 511 g/mol. The Balaban J connectivity index is 0.00000176. The van der Waals surface area contributed by atoms with Gasteiger partial charge >= 0.3 is 0 Å². The number of hydrogen-bond donors (Lipinski definition) is 3. The van der Waals surface area contributed by atoms with Crippen LogP contribution in [0.5, 0.6) is 5.75 Å². The van der Waals surface area contributed by atoms with E-state index in [1.807, 2.05) is 39.8 Å². The minimum atomic E-state index is -0.311. The van der Waals surface area contributed by atoms with Crippen molar-refractivity contribution in [3.05, 3.63) is 52.7 Å². The summed E-state index contributed by atoms with van der Waals surface area (Å²) in [5, 5.41) is 18.8. The highest BCUT2D eigenvalue weighted by Gasteiger charge is 2.27. The fourth-order valence-corrected chi connectivity index (χ4v) is 5.30. The molecular formula is C26H37N7O2S. The van der Waals surface area contributed by atoms with Gasteiger partial charge in [0.15, 0.2) is 5.84 Å². The van der Waals surface area contributed by atoms with Crippen molar-refractivity contribution in [1.29, 1.82) is 10.8 Å². The zero-order valence-electron chi connectivity index (χ0n) is 21.8. The summed E-state index contributed by atoms with van der Waals surface area (Å²) in [5.74, 6) is 0.665. The molecule has 1 amide bonds. The van der Waals surface area contributed by atoms with Crippen LogP contribution in [-0.4, -0.2) is 62.8 Å². The number of pyridine rings is 1. The molecule has 0 saturated carbocycles. The number of carbonyl (C=O) groups is 1. The predicted octanol–water partition coefficient (Wildman–Crippen LogP) is 4.99. The molecule has 0 bridgehead atoms. The molecule has 0 spiro atoms. The highest BCUT2D eigenvalue weighted by molar-refractivity contribution is 7.94. The third-order valence-corrected chi connectivity index (χ3v) is 7.03. The molecule has 0 aliphatic carbocycles. The first kappa shape index (κ1) is 27.6. The largest absolute Gasteiger partial charge is 0.496 e. The number of rotatable bonds is 8. The number of benzene rings is 1. The van der Waals surface area contributed by atoms with Gasteiger partial charge < -0.3 is 15.0 Å². The van der Waals surface area contributed by atoms with E-state index in [0.29, 0.717) is 22.8 Å². The summed E-state index contributed by atoms with van der Waals surface area (Å²) in [7, 11) is 1.57. The van der Waals surface area contributed by atoms with Crippen LogP contribution in [0, 0.1) is 10.8 Å². The van der Waals surface area contributed by atoms with Gasteiger partial charge in [0, 0.05) is 44.4 Å². The maximum atomic E-state index is 13.2. The number of hydrogen-bond acceptors (Lipinski definition) is 8. The SMILES string of the molecule is CC.COc1cc2c(cc1C(=O)Nc1cccc(C(=N)N(C=N)C(C)C)n1)CN(SN1CCCC1)C2. The second-order valence-electron chi connectivity index (χ2n) is 8.68. The van der Waals surface area contributed by atoms with Crippen molar-refractivity contribution < 1.29 is 9.53 Å². The lowest BCUT2D eigenvalue weighted by atomic mass is 10.0. The zero-order valence-corrected chi connectivity index (χ0v) is 22.6. The molecule has 0 atom stereocenters. The lowest BCUT2D eigenvalue weighted by Crippen LogP contribution is -2.36. The standard InChI is InChI=1S/C24H31N7O2S.C2H6/c1-16(2)31(15-25)23(26)20-7-6-8-22(27-20)28-24(32)19-11-17-13-30(34-29-9-4-5-10-29)14-18(17)12-21(19)33-3;1-2/h6-8,11-12,15-16,25-26H,4-5,9-10,13-14H2,1-3H3,(H,27,28,32);1-2H3. The van der Waals surface area contributed by atoms with E-state index in [-0.39, 0.29) is 17.8 Å². The van der Waals surface area contributed by atoms with Gasteiger partial charge in [-0.25, -0.2) is 13.6 Å². The highest BCUT2D eigenvalue weighted by atomic mass is 32.2. The lowest BCUT2D eigenvalue weighted by Gasteiger charge is -2.23. The molecule has 3 N–H and O–H groups in total. The van der Waals surface area contributed by atoms with E-state index in [4.69, 9.17) is 15.6 Å². The second kappa shape index (κ2) is 12.8. The number of ether oxygens (including phenoxy) is 1. The van der Waals surface area contributed by atoms with E-state index in [2.05, 4.69) is 18.9 Å². The van der Waals surface area contributed by atoms with Gasteiger partial charge in [-0.15, -0.1) is 0 Å². The maximum absolute atomic E-state index is 13.2. The van der Waals surface area contributed by atoms with Crippen molar-refractivity contribution in [2.45, 2.75) is 59.7 Å². The first-order chi connectivity index (χ1) is 17.4. The number of fused-ring (bicyclic) bond motifs is 1. The Hall–Kier alpha value is -2.95. The van der Waals surface area contributed by atoms with Crippen LogP contribution < -0.4 is 10.1 Å². The third-order valence-electron chi connectivity index (χ3n) is 5.94. The average molecular weight is 512 g/mol. The normalized spacial score (nSPS) is 15.2. The van der Waals surface area contributed by atoms with Crippen molar-refractivity contribution >= 4 is 36.0 Å². The molecule has 0 radical (unpaired) electrons. The number of aromatic nitrogens is 1. The van der Waals surface area contributed by atoms with Gasteiger partial charge in [-0.2, -0.15) is 0 Å². The Morgan fingerprint density at radius 2 is 1.83 bits per heavy atom. The molecule has 2 aliphatic heterocycles. The number of nitrogens with zero attached hydrogens (tertiary/aromatic N) is 4. The maximum Gasteiger partial charge on any atom is 0.260 e. The lowest BCUT2D eigenvalue weighted by molar-refractivity contribution is 0.102. The van der Waals surface area contributed by atoms with Crippen molar-refractivity contribution in [1.82, 2.24) is 18.5 Å². The van der Waals surface area contributed by atoms with Gasteiger partial charge in [0.1, 0.15) is 17.3 Å². The summed E-state index contributed by atoms with van der Waals surface area (Å²) in [6.07, 6.45) is 3.61. The Kier molecular flexibility index (Phi) is 9.86. The molecule has 1 aromatic carbocycles. The van der Waals surface area contributed by atoms with Crippen LogP contribution in [0.1, 0.15) is 67.7 Å². The Morgan fingerprint density at radius 1 is 1.17 bits per heavy atom. The number of amidine groups is 1. The predicted molar refractivity (Wildman–Crippen MR) is 147 cm³/mol. The minimum Gasteiger partial charge on any atom is -0.496 e. The van der Waals surface area contributed by atoms with Gasteiger partial charge in [-0.05, 0) is 62.1 Å². The molecule has 2 aliphatic rings. The topological polar surface area (TPSA) is 109 Å². The molecule has 0 unspecified atom stereocenters. The number of carbonyl (C=O) groups excluding carboxylic acids is 1. The molecule has 4 rings (SSSR count). The van der Waals surface area contributed by atoms with Crippen LogP contribution in [0.2, 0.25) is 0 Å². The van der Waals surface area contributed by atoms with Gasteiger partial charge in [0.05, 0.1) is 19.0 Å². The smallest absolute Gasteiger partial charge is 0.260 e. The highest BCUT2D eigenvalue weighted by Crippen LogP contribution is 2.35. The summed E-state index contributed by atoms with van der Waals surface area (Å²) < 4.78 is 10.3. The van der Waals surface area contributed by atoms with Crippen LogP contribution in [-0.2, 0) is 13.1 Å². The Bertz CT molecular complexity index is 1090. The van der Waals surface area contributed by atoms with E-state index < -0.39 is 0 Å². The summed E-state index contributed by atoms with van der Waals surface area (Å²) in [6.45, 7) is 11.6. The minimum absolute atomic E-state index is 0.0519. The number of methoxy groups -OCH3 is 1. The van der Waals surface area contributed by atoms with Crippen LogP contribution in [0.4, 0.5) is 5.82 Å². The van der Waals surface area contributed by atoms with E-state index in [1.165, 1.54) is 23.3 Å². The summed E-state index contributed by atoms with van der Waals surface area (Å²) in [4.78, 5) is 19.1. The quantitative estimate of drug-likeness (QED) is 0.260. The third kappa shape index (κ3) is 6.43. The molecule has 10 heteroatoms. The Morgan fingerprint density at radius 3 is 2.44 bits per heavy atom. The van der Waals surface area contributed by atoms with E-state index in [1.54, 1.807) is 37.4 Å². The van der Waals surface area contributed by atoms with Gasteiger partial charge in [-0.3, -0.25) is 15.6 Å². The number of nitrogens with one attached hydrogen (secondary N) is 3. The zero-order chi connectivity index (χ0) is 26.2. The first-order valence-electron chi connectivity index (χ1n) is 12.4. The van der Waals surface area contributed by atoms with Gasteiger partial charge in [-0.1, -0.05) is 19.9 Å². The molecule has 1 aromatic heterocycles. The van der Waals surface area contributed by atoms with E-state index in [0.717, 1.165) is 38.1 Å². The van der Waals surface area contributed by atoms with Crippen molar-refractivity contribution in [2.75, 3.05) is 25.5 Å². The van der Waals surface area contributed by atoms with Crippen LogP contribution in [0.3, 0.4) is 0 Å². The number of amides is 1. The first-order valence-corrected chi connectivity index (χ1v) is 13.2. The molecule has 1 saturated heterocycles. The second-order valence-corrected chi connectivity index (χ2v) is 9.87. The summed E-state index contributed by atoms with van der Waals surface area (Å²) in [5.41, 5.74) is 3.14. The van der Waals surface area contributed by atoms with Crippen LogP contribution in [0.15, 0.2) is 30.3 Å². The van der Waals surface area contributed by atoms with Gasteiger partial charge in [0.25, 0.3) is 5.91 Å². The fraction of sp³-hybridized carbons (Fsp3) is 0.462. The van der Waals surface area contributed by atoms with Crippen molar-refractivity contribution in [2.24, 2.45) is 0 Å². The van der Waals surface area contributed by atoms with E-state index >= 15 is 0 Å². The van der Waals surface area contributed by atoms with Crippen molar-refractivity contribution in [3.63, 3.8) is 0 Å². The molecule has 3 heterocycles. The van der Waals surface area contributed by atoms with Gasteiger partial charge in [0.2, 0.25) is 0 Å². The van der Waals surface area contributed by atoms with Crippen molar-refractivity contribution in [3.8, 4) is 5.75 Å². The average Bonchev–Trinajstić information content (AvgIpc) is 3.53.